The Morgan fingerprint density at radius 2 is 1.31 bits per heavy atom. The summed E-state index contributed by atoms with van der Waals surface area (Å²) < 4.78 is 6.56. The first-order chi connectivity index (χ1) is 12.8. The van der Waals surface area contributed by atoms with Crippen molar-refractivity contribution in [1.82, 2.24) is 0 Å². The SMILES string of the molecule is COc1ccc2cc(Br)c(P(c3ccccc3)c3ccccc3)cc2c1. The molecule has 0 aliphatic heterocycles. The fourth-order valence-corrected chi connectivity index (χ4v) is 6.35. The molecule has 0 aromatic heterocycles. The van der Waals surface area contributed by atoms with E-state index in [9.17, 15) is 0 Å². The van der Waals surface area contributed by atoms with Crippen LogP contribution >= 0.6 is 23.9 Å². The molecule has 4 aromatic carbocycles. The fraction of sp³-hybridized carbons (Fsp3) is 0.0435. The second-order valence-corrected chi connectivity index (χ2v) is 9.06. The van der Waals surface area contributed by atoms with Gasteiger partial charge in [0, 0.05) is 4.47 Å². The lowest BCUT2D eigenvalue weighted by Crippen LogP contribution is -2.21. The Bertz CT molecular complexity index is 992. The van der Waals surface area contributed by atoms with Crippen LogP contribution in [0.5, 0.6) is 5.75 Å². The topological polar surface area (TPSA) is 9.23 Å². The molecule has 128 valence electrons. The van der Waals surface area contributed by atoms with Crippen molar-refractivity contribution in [3.8, 4) is 5.75 Å². The Morgan fingerprint density at radius 3 is 1.88 bits per heavy atom. The van der Waals surface area contributed by atoms with Crippen molar-refractivity contribution in [2.75, 3.05) is 7.11 Å². The molecule has 26 heavy (non-hydrogen) atoms. The maximum Gasteiger partial charge on any atom is 0.119 e. The monoisotopic (exact) mass is 420 g/mol. The predicted molar refractivity (Wildman–Crippen MR) is 117 cm³/mol. The van der Waals surface area contributed by atoms with Crippen LogP contribution in [0.1, 0.15) is 0 Å². The van der Waals surface area contributed by atoms with Crippen molar-refractivity contribution in [2.24, 2.45) is 0 Å². The van der Waals surface area contributed by atoms with E-state index in [1.807, 2.05) is 6.07 Å². The Hall–Kier alpha value is -2.15. The Balaban J connectivity index is 1.94. The highest BCUT2D eigenvalue weighted by molar-refractivity contribution is 9.10. The highest BCUT2D eigenvalue weighted by atomic mass is 79.9. The Kier molecular flexibility index (Phi) is 5.06. The Labute approximate surface area is 163 Å². The van der Waals surface area contributed by atoms with Gasteiger partial charge < -0.3 is 4.74 Å². The molecule has 0 bridgehead atoms. The molecule has 1 nitrogen and oxygen atoms in total. The lowest BCUT2D eigenvalue weighted by molar-refractivity contribution is 0.415. The second kappa shape index (κ2) is 7.61. The van der Waals surface area contributed by atoms with Gasteiger partial charge in [0.2, 0.25) is 0 Å². The average molecular weight is 421 g/mol. The average Bonchev–Trinajstić information content (AvgIpc) is 2.70. The van der Waals surface area contributed by atoms with Crippen LogP contribution in [0, 0.1) is 0 Å². The quantitative estimate of drug-likeness (QED) is 0.403. The third-order valence-electron chi connectivity index (χ3n) is 4.38. The number of benzene rings is 4. The van der Waals surface area contributed by atoms with Gasteiger partial charge in [0.1, 0.15) is 5.75 Å². The number of hydrogen-bond donors (Lipinski definition) is 0. The number of ether oxygens (including phenoxy) is 1. The number of hydrogen-bond acceptors (Lipinski definition) is 1. The van der Waals surface area contributed by atoms with Crippen LogP contribution in [0.2, 0.25) is 0 Å². The van der Waals surface area contributed by atoms with Gasteiger partial charge in [-0.15, -0.1) is 0 Å². The maximum atomic E-state index is 5.42. The normalized spacial score (nSPS) is 11.0. The van der Waals surface area contributed by atoms with Gasteiger partial charge in [-0.25, -0.2) is 0 Å². The van der Waals surface area contributed by atoms with Gasteiger partial charge in [0.15, 0.2) is 0 Å². The highest BCUT2D eigenvalue weighted by Gasteiger charge is 2.19. The van der Waals surface area contributed by atoms with E-state index >= 15 is 0 Å². The number of fused-ring (bicyclic) bond motifs is 1. The van der Waals surface area contributed by atoms with E-state index in [2.05, 4.69) is 101 Å². The molecule has 0 saturated carbocycles. The van der Waals surface area contributed by atoms with Crippen molar-refractivity contribution >= 4 is 50.5 Å². The molecule has 4 aromatic rings. The molecular formula is C23H18BrOP. The van der Waals surface area contributed by atoms with Gasteiger partial charge in [-0.2, -0.15) is 0 Å². The molecule has 0 aliphatic rings. The summed E-state index contributed by atoms with van der Waals surface area (Å²) in [4.78, 5) is 0. The first-order valence-corrected chi connectivity index (χ1v) is 10.6. The first kappa shape index (κ1) is 17.3. The molecule has 0 unspecified atom stereocenters. The van der Waals surface area contributed by atoms with Crippen LogP contribution in [0.4, 0.5) is 0 Å². The molecule has 0 aliphatic carbocycles. The standard InChI is InChI=1S/C23H18BrOP/c1-25-19-13-12-17-15-22(24)23(16-18(17)14-19)26(20-8-4-2-5-9-20)21-10-6-3-7-11-21/h2-16H,1H3. The summed E-state index contributed by atoms with van der Waals surface area (Å²) in [6, 6.07) is 32.2. The molecule has 0 N–H and O–H groups in total. The van der Waals surface area contributed by atoms with Gasteiger partial charge in [-0.05, 0) is 58.9 Å². The van der Waals surface area contributed by atoms with Gasteiger partial charge in [-0.3, -0.25) is 0 Å². The zero-order valence-electron chi connectivity index (χ0n) is 14.4. The first-order valence-electron chi connectivity index (χ1n) is 8.44. The minimum atomic E-state index is -0.642. The van der Waals surface area contributed by atoms with Crippen molar-refractivity contribution in [2.45, 2.75) is 0 Å². The van der Waals surface area contributed by atoms with Crippen LogP contribution in [0.3, 0.4) is 0 Å². The summed E-state index contributed by atoms with van der Waals surface area (Å²) in [6.45, 7) is 0. The van der Waals surface area contributed by atoms with Crippen LogP contribution in [-0.4, -0.2) is 7.11 Å². The molecule has 0 amide bonds. The smallest absolute Gasteiger partial charge is 0.119 e. The van der Waals surface area contributed by atoms with E-state index in [0.29, 0.717) is 0 Å². The van der Waals surface area contributed by atoms with Crippen molar-refractivity contribution in [3.63, 3.8) is 0 Å². The van der Waals surface area contributed by atoms with Crippen molar-refractivity contribution in [3.05, 3.63) is 95.5 Å². The number of halogens is 1. The van der Waals surface area contributed by atoms with Gasteiger partial charge in [-0.1, -0.05) is 82.7 Å². The van der Waals surface area contributed by atoms with Gasteiger partial charge >= 0.3 is 0 Å². The zero-order chi connectivity index (χ0) is 17.9. The molecule has 0 saturated heterocycles. The number of methoxy groups -OCH3 is 1. The van der Waals surface area contributed by atoms with Crippen molar-refractivity contribution in [1.29, 1.82) is 0 Å². The third kappa shape index (κ3) is 3.40. The molecule has 0 radical (unpaired) electrons. The zero-order valence-corrected chi connectivity index (χ0v) is 16.9. The van der Waals surface area contributed by atoms with Crippen LogP contribution < -0.4 is 20.7 Å². The third-order valence-corrected chi connectivity index (χ3v) is 7.83. The van der Waals surface area contributed by atoms with Crippen molar-refractivity contribution < 1.29 is 4.74 Å². The highest BCUT2D eigenvalue weighted by Crippen LogP contribution is 2.37. The van der Waals surface area contributed by atoms with Gasteiger partial charge in [0.25, 0.3) is 0 Å². The van der Waals surface area contributed by atoms with E-state index in [4.69, 9.17) is 4.74 Å². The molecule has 0 heterocycles. The van der Waals surface area contributed by atoms with E-state index in [1.54, 1.807) is 7.11 Å². The summed E-state index contributed by atoms with van der Waals surface area (Å²) >= 11 is 3.83. The minimum Gasteiger partial charge on any atom is -0.497 e. The van der Waals surface area contributed by atoms with Crippen LogP contribution in [0.25, 0.3) is 10.8 Å². The lowest BCUT2D eigenvalue weighted by atomic mass is 10.1. The summed E-state index contributed by atoms with van der Waals surface area (Å²) in [7, 11) is 1.07. The summed E-state index contributed by atoms with van der Waals surface area (Å²) in [5, 5.41) is 6.41. The van der Waals surface area contributed by atoms with Gasteiger partial charge in [0.05, 0.1) is 7.11 Å². The van der Waals surface area contributed by atoms with Crippen LogP contribution in [0.15, 0.2) is 95.5 Å². The number of rotatable bonds is 4. The molecule has 0 fully saturated rings. The largest absolute Gasteiger partial charge is 0.497 e. The molecule has 3 heteroatoms. The van der Waals surface area contributed by atoms with E-state index < -0.39 is 7.92 Å². The van der Waals surface area contributed by atoms with E-state index in [-0.39, 0.29) is 0 Å². The minimum absolute atomic E-state index is 0.642. The predicted octanol–water partition coefficient (Wildman–Crippen LogP) is 5.37. The summed E-state index contributed by atoms with van der Waals surface area (Å²) in [5.74, 6) is 0.884. The van der Waals surface area contributed by atoms with E-state index in [1.165, 1.54) is 26.7 Å². The second-order valence-electron chi connectivity index (χ2n) is 6.02. The maximum absolute atomic E-state index is 5.42. The summed E-state index contributed by atoms with van der Waals surface area (Å²) in [5.41, 5.74) is 0. The van der Waals surface area contributed by atoms with Crippen LogP contribution in [-0.2, 0) is 0 Å². The molecular weight excluding hydrogens is 403 g/mol. The molecule has 4 rings (SSSR count). The lowest BCUT2D eigenvalue weighted by Gasteiger charge is -2.21. The molecule has 0 atom stereocenters. The van der Waals surface area contributed by atoms with E-state index in [0.717, 1.165) is 10.2 Å². The molecule has 0 spiro atoms. The Morgan fingerprint density at radius 1 is 0.692 bits per heavy atom. The fourth-order valence-electron chi connectivity index (χ4n) is 3.12. The summed E-state index contributed by atoms with van der Waals surface area (Å²) in [6.07, 6.45) is 0.